The number of carbonyl (C=O) groups is 2. The van der Waals surface area contributed by atoms with Gasteiger partial charge in [0.15, 0.2) is 0 Å². The number of rotatable bonds is 5. The van der Waals surface area contributed by atoms with Crippen LogP contribution in [0.4, 0.5) is 5.69 Å². The molecule has 0 aliphatic carbocycles. The monoisotopic (exact) mass is 344 g/mol. The minimum absolute atomic E-state index is 0.134. The summed E-state index contributed by atoms with van der Waals surface area (Å²) >= 11 is 6.09. The number of halogens is 1. The van der Waals surface area contributed by atoms with E-state index >= 15 is 0 Å². The molecule has 2 aromatic rings. The molecule has 0 aromatic heterocycles. The maximum atomic E-state index is 12.5. The van der Waals surface area contributed by atoms with Gasteiger partial charge in [-0.2, -0.15) is 0 Å². The molecule has 1 saturated heterocycles. The van der Waals surface area contributed by atoms with Crippen LogP contribution in [0, 0.1) is 0 Å². The van der Waals surface area contributed by atoms with Crippen molar-refractivity contribution in [3.05, 3.63) is 59.1 Å². The number of benzene rings is 2. The number of carbonyl (C=O) groups excluding carboxylic acids is 2. The van der Waals surface area contributed by atoms with Gasteiger partial charge in [0.05, 0.1) is 25.1 Å². The second-order valence-electron chi connectivity index (χ2n) is 5.55. The van der Waals surface area contributed by atoms with Crippen molar-refractivity contribution in [3.8, 4) is 5.75 Å². The molecule has 0 spiro atoms. The number of amides is 2. The highest BCUT2D eigenvalue weighted by molar-refractivity contribution is 6.32. The standard InChI is InChI=1S/C18H17ClN2O3/c1-24-16-8-7-13(9-14(16)19)20-15-10-17(22)21(18(15)23)11-12-5-3-2-4-6-12/h2-9,15,20H,10-11H2,1H3/t15-/m0/s1. The van der Waals surface area contributed by atoms with Gasteiger partial charge < -0.3 is 10.1 Å². The molecule has 2 amide bonds. The Morgan fingerprint density at radius 3 is 2.62 bits per heavy atom. The van der Waals surface area contributed by atoms with E-state index in [1.54, 1.807) is 18.2 Å². The van der Waals surface area contributed by atoms with Gasteiger partial charge in [-0.05, 0) is 23.8 Å². The number of nitrogens with one attached hydrogen (secondary N) is 1. The van der Waals surface area contributed by atoms with Crippen LogP contribution in [0.25, 0.3) is 0 Å². The molecule has 6 heteroatoms. The second kappa shape index (κ2) is 6.93. The molecule has 5 nitrogen and oxygen atoms in total. The Morgan fingerprint density at radius 2 is 1.96 bits per heavy atom. The summed E-state index contributed by atoms with van der Waals surface area (Å²) in [6.45, 7) is 0.292. The fourth-order valence-corrected chi connectivity index (χ4v) is 2.94. The summed E-state index contributed by atoms with van der Waals surface area (Å²) in [5, 5.41) is 3.52. The maximum absolute atomic E-state index is 12.5. The van der Waals surface area contributed by atoms with Crippen molar-refractivity contribution in [1.29, 1.82) is 0 Å². The Kier molecular flexibility index (Phi) is 4.71. The van der Waals surface area contributed by atoms with Crippen LogP contribution in [-0.4, -0.2) is 29.9 Å². The normalized spacial score (nSPS) is 17.2. The molecule has 1 atom stereocenters. The Bertz CT molecular complexity index is 764. The van der Waals surface area contributed by atoms with Crippen molar-refractivity contribution in [2.75, 3.05) is 12.4 Å². The molecular formula is C18H17ClN2O3. The number of hydrogen-bond acceptors (Lipinski definition) is 4. The van der Waals surface area contributed by atoms with Gasteiger partial charge in [-0.15, -0.1) is 0 Å². The van der Waals surface area contributed by atoms with Crippen molar-refractivity contribution in [2.24, 2.45) is 0 Å². The average Bonchev–Trinajstić information content (AvgIpc) is 2.84. The van der Waals surface area contributed by atoms with E-state index < -0.39 is 6.04 Å². The fourth-order valence-electron chi connectivity index (χ4n) is 2.69. The predicted molar refractivity (Wildman–Crippen MR) is 92.0 cm³/mol. The fraction of sp³-hybridized carbons (Fsp3) is 0.222. The smallest absolute Gasteiger partial charge is 0.252 e. The lowest BCUT2D eigenvalue weighted by Gasteiger charge is -2.16. The third kappa shape index (κ3) is 3.36. The van der Waals surface area contributed by atoms with Crippen LogP contribution in [-0.2, 0) is 16.1 Å². The van der Waals surface area contributed by atoms with Crippen LogP contribution in [0.5, 0.6) is 5.75 Å². The molecule has 2 aromatic carbocycles. The number of likely N-dealkylation sites (tertiary alicyclic amines) is 1. The Balaban J connectivity index is 1.71. The molecule has 1 aliphatic heterocycles. The first-order valence-corrected chi connectivity index (χ1v) is 7.94. The van der Waals surface area contributed by atoms with Crippen LogP contribution >= 0.6 is 11.6 Å². The van der Waals surface area contributed by atoms with Gasteiger partial charge in [0.2, 0.25) is 5.91 Å². The zero-order valence-corrected chi connectivity index (χ0v) is 13.9. The van der Waals surface area contributed by atoms with E-state index in [4.69, 9.17) is 16.3 Å². The lowest BCUT2D eigenvalue weighted by Crippen LogP contribution is -2.34. The average molecular weight is 345 g/mol. The molecule has 1 aliphatic rings. The van der Waals surface area contributed by atoms with Gasteiger partial charge in [0.1, 0.15) is 11.8 Å². The maximum Gasteiger partial charge on any atom is 0.252 e. The Hall–Kier alpha value is -2.53. The van der Waals surface area contributed by atoms with Gasteiger partial charge in [-0.3, -0.25) is 14.5 Å². The van der Waals surface area contributed by atoms with Crippen LogP contribution in [0.2, 0.25) is 5.02 Å². The van der Waals surface area contributed by atoms with E-state index in [0.29, 0.717) is 23.0 Å². The summed E-state index contributed by atoms with van der Waals surface area (Å²) in [5.41, 5.74) is 1.60. The molecule has 24 heavy (non-hydrogen) atoms. The first-order valence-electron chi connectivity index (χ1n) is 7.56. The highest BCUT2D eigenvalue weighted by Crippen LogP contribution is 2.28. The molecule has 124 valence electrons. The SMILES string of the molecule is COc1ccc(N[C@H]2CC(=O)N(Cc3ccccc3)C2=O)cc1Cl. The molecule has 0 bridgehead atoms. The highest BCUT2D eigenvalue weighted by Gasteiger charge is 2.38. The first kappa shape index (κ1) is 16.3. The molecule has 0 unspecified atom stereocenters. The van der Waals surface area contributed by atoms with Gasteiger partial charge in [-0.25, -0.2) is 0 Å². The van der Waals surface area contributed by atoms with Crippen molar-refractivity contribution in [3.63, 3.8) is 0 Å². The number of hydrogen-bond donors (Lipinski definition) is 1. The van der Waals surface area contributed by atoms with Crippen LogP contribution in [0.1, 0.15) is 12.0 Å². The van der Waals surface area contributed by atoms with Crippen LogP contribution in [0.3, 0.4) is 0 Å². The van der Waals surface area contributed by atoms with Gasteiger partial charge in [0, 0.05) is 5.69 Å². The van der Waals surface area contributed by atoms with E-state index in [1.165, 1.54) is 12.0 Å². The molecule has 1 N–H and O–H groups in total. The Morgan fingerprint density at radius 1 is 1.21 bits per heavy atom. The molecule has 3 rings (SSSR count). The summed E-state index contributed by atoms with van der Waals surface area (Å²) in [6.07, 6.45) is 0.134. The number of anilines is 1. The second-order valence-corrected chi connectivity index (χ2v) is 5.96. The zero-order valence-electron chi connectivity index (χ0n) is 13.2. The summed E-state index contributed by atoms with van der Waals surface area (Å²) in [5.74, 6) is 0.151. The van der Waals surface area contributed by atoms with Crippen molar-refractivity contribution in [2.45, 2.75) is 19.0 Å². The third-order valence-corrected chi connectivity index (χ3v) is 4.22. The zero-order chi connectivity index (χ0) is 17.1. The van der Waals surface area contributed by atoms with E-state index in [2.05, 4.69) is 5.32 Å². The minimum atomic E-state index is -0.578. The quantitative estimate of drug-likeness (QED) is 0.847. The summed E-state index contributed by atoms with van der Waals surface area (Å²) in [7, 11) is 1.54. The van der Waals surface area contributed by atoms with E-state index in [9.17, 15) is 9.59 Å². The molecule has 1 heterocycles. The molecule has 0 radical (unpaired) electrons. The van der Waals surface area contributed by atoms with E-state index in [0.717, 1.165) is 5.56 Å². The van der Waals surface area contributed by atoms with E-state index in [1.807, 2.05) is 30.3 Å². The van der Waals surface area contributed by atoms with Crippen LogP contribution in [0.15, 0.2) is 48.5 Å². The predicted octanol–water partition coefficient (Wildman–Crippen LogP) is 3.09. The number of methoxy groups -OCH3 is 1. The third-order valence-electron chi connectivity index (χ3n) is 3.92. The first-order chi connectivity index (χ1) is 11.6. The minimum Gasteiger partial charge on any atom is -0.495 e. The van der Waals surface area contributed by atoms with Crippen molar-refractivity contribution >= 4 is 29.1 Å². The summed E-state index contributed by atoms with van der Waals surface area (Å²) < 4.78 is 5.10. The topological polar surface area (TPSA) is 58.6 Å². The largest absolute Gasteiger partial charge is 0.495 e. The summed E-state index contributed by atoms with van der Waals surface area (Å²) in [6, 6.07) is 14.0. The van der Waals surface area contributed by atoms with Crippen molar-refractivity contribution in [1.82, 2.24) is 4.90 Å². The van der Waals surface area contributed by atoms with E-state index in [-0.39, 0.29) is 18.2 Å². The number of nitrogens with zero attached hydrogens (tertiary/aromatic N) is 1. The highest BCUT2D eigenvalue weighted by atomic mass is 35.5. The lowest BCUT2D eigenvalue weighted by atomic mass is 10.2. The lowest BCUT2D eigenvalue weighted by molar-refractivity contribution is -0.139. The number of imide groups is 1. The number of ether oxygens (including phenoxy) is 1. The molecular weight excluding hydrogens is 328 g/mol. The van der Waals surface area contributed by atoms with Crippen LogP contribution < -0.4 is 10.1 Å². The van der Waals surface area contributed by atoms with Gasteiger partial charge in [-0.1, -0.05) is 41.9 Å². The van der Waals surface area contributed by atoms with Gasteiger partial charge >= 0.3 is 0 Å². The van der Waals surface area contributed by atoms with Gasteiger partial charge in [0.25, 0.3) is 5.91 Å². The molecule has 1 fully saturated rings. The molecule has 0 saturated carbocycles. The van der Waals surface area contributed by atoms with Crippen molar-refractivity contribution < 1.29 is 14.3 Å². The Labute approximate surface area is 145 Å². The summed E-state index contributed by atoms with van der Waals surface area (Å²) in [4.78, 5) is 26.0.